The maximum absolute atomic E-state index is 12.4. The molecule has 3 rings (SSSR count). The summed E-state index contributed by atoms with van der Waals surface area (Å²) < 4.78 is 5.15. The zero-order chi connectivity index (χ0) is 16.4. The molecule has 2 aromatic heterocycles. The van der Waals surface area contributed by atoms with Crippen molar-refractivity contribution >= 4 is 28.2 Å². The van der Waals surface area contributed by atoms with Crippen LogP contribution in [0.3, 0.4) is 0 Å². The van der Waals surface area contributed by atoms with Gasteiger partial charge in [0, 0.05) is 5.69 Å². The summed E-state index contributed by atoms with van der Waals surface area (Å²) in [4.78, 5) is 28.9. The van der Waals surface area contributed by atoms with Crippen molar-refractivity contribution in [2.24, 2.45) is 0 Å². The summed E-state index contributed by atoms with van der Waals surface area (Å²) in [7, 11) is 0. The Labute approximate surface area is 138 Å². The van der Waals surface area contributed by atoms with E-state index in [1.807, 2.05) is 18.4 Å². The maximum atomic E-state index is 12.4. The Hall–Kier alpha value is -2.21. The third-order valence-corrected chi connectivity index (χ3v) is 4.58. The zero-order valence-electron chi connectivity index (χ0n) is 13.1. The first-order valence-electron chi connectivity index (χ1n) is 7.63. The summed E-state index contributed by atoms with van der Waals surface area (Å²) in [6.07, 6.45) is 2.16. The molecule has 2 aromatic rings. The summed E-state index contributed by atoms with van der Waals surface area (Å²) >= 11 is 1.37. The molecule has 0 aliphatic heterocycles. The number of thiophene rings is 1. The summed E-state index contributed by atoms with van der Waals surface area (Å²) in [6.45, 7) is 3.92. The Morgan fingerprint density at radius 1 is 1.39 bits per heavy atom. The average molecular weight is 330 g/mol. The van der Waals surface area contributed by atoms with Crippen LogP contribution in [0.2, 0.25) is 0 Å². The molecular formula is C17H18N2O3S. The second-order valence-electron chi connectivity index (χ2n) is 5.51. The number of carbonyl (C=O) groups excluding carboxylic acids is 2. The quantitative estimate of drug-likeness (QED) is 0.848. The molecule has 6 heteroatoms. The molecule has 1 amide bonds. The van der Waals surface area contributed by atoms with Crippen molar-refractivity contribution in [3.8, 4) is 0 Å². The van der Waals surface area contributed by atoms with E-state index in [1.54, 1.807) is 19.1 Å². The van der Waals surface area contributed by atoms with Gasteiger partial charge in [0.15, 0.2) is 0 Å². The number of esters is 1. The Balaban J connectivity index is 1.87. The molecule has 0 radical (unpaired) electrons. The van der Waals surface area contributed by atoms with Gasteiger partial charge in [-0.15, -0.1) is 11.3 Å². The maximum Gasteiger partial charge on any atom is 0.341 e. The van der Waals surface area contributed by atoms with Crippen molar-refractivity contribution in [2.45, 2.75) is 32.6 Å². The fourth-order valence-electron chi connectivity index (χ4n) is 2.41. The lowest BCUT2D eigenvalue weighted by atomic mass is 10.1. The van der Waals surface area contributed by atoms with Crippen LogP contribution in [0.4, 0.5) is 5.00 Å². The summed E-state index contributed by atoms with van der Waals surface area (Å²) in [5.74, 6) is -0.278. The lowest BCUT2D eigenvalue weighted by molar-refractivity contribution is 0.0527. The van der Waals surface area contributed by atoms with Crippen LogP contribution in [-0.2, 0) is 4.74 Å². The van der Waals surface area contributed by atoms with Crippen LogP contribution in [0.15, 0.2) is 23.6 Å². The third kappa shape index (κ3) is 3.42. The predicted octanol–water partition coefficient (Wildman–Crippen LogP) is 3.76. The molecule has 0 atom stereocenters. The van der Waals surface area contributed by atoms with Crippen LogP contribution >= 0.6 is 11.3 Å². The number of rotatable bonds is 5. The zero-order valence-corrected chi connectivity index (χ0v) is 13.9. The van der Waals surface area contributed by atoms with Crippen molar-refractivity contribution in [3.05, 3.63) is 46.1 Å². The number of hydrogen-bond acceptors (Lipinski definition) is 5. The van der Waals surface area contributed by atoms with Gasteiger partial charge in [-0.05, 0) is 55.7 Å². The Morgan fingerprint density at radius 2 is 2.17 bits per heavy atom. The largest absolute Gasteiger partial charge is 0.462 e. The second-order valence-corrected chi connectivity index (χ2v) is 6.39. The van der Waals surface area contributed by atoms with Crippen molar-refractivity contribution in [2.75, 3.05) is 11.9 Å². The molecule has 120 valence electrons. The molecule has 0 bridgehead atoms. The topological polar surface area (TPSA) is 68.3 Å². The van der Waals surface area contributed by atoms with Gasteiger partial charge in [-0.1, -0.05) is 6.07 Å². The third-order valence-electron chi connectivity index (χ3n) is 3.66. The van der Waals surface area contributed by atoms with Gasteiger partial charge < -0.3 is 10.1 Å². The van der Waals surface area contributed by atoms with Gasteiger partial charge in [0.05, 0.1) is 12.2 Å². The van der Waals surface area contributed by atoms with Crippen molar-refractivity contribution in [1.82, 2.24) is 4.98 Å². The second kappa shape index (κ2) is 6.50. The molecule has 0 aromatic carbocycles. The van der Waals surface area contributed by atoms with E-state index in [4.69, 9.17) is 4.74 Å². The minimum Gasteiger partial charge on any atom is -0.462 e. The first-order chi connectivity index (χ1) is 11.1. The summed E-state index contributed by atoms with van der Waals surface area (Å²) in [5.41, 5.74) is 2.59. The molecule has 1 aliphatic carbocycles. The molecule has 0 spiro atoms. The number of amides is 1. The smallest absolute Gasteiger partial charge is 0.341 e. The van der Waals surface area contributed by atoms with Crippen molar-refractivity contribution in [1.29, 1.82) is 0 Å². The van der Waals surface area contributed by atoms with E-state index in [0.717, 1.165) is 24.1 Å². The number of ether oxygens (including phenoxy) is 1. The van der Waals surface area contributed by atoms with Crippen LogP contribution in [0.5, 0.6) is 0 Å². The van der Waals surface area contributed by atoms with E-state index >= 15 is 0 Å². The molecule has 23 heavy (non-hydrogen) atoms. The van der Waals surface area contributed by atoms with Crippen LogP contribution in [0.25, 0.3) is 0 Å². The monoisotopic (exact) mass is 330 g/mol. The Kier molecular flexibility index (Phi) is 4.43. The summed E-state index contributed by atoms with van der Waals surface area (Å²) in [6, 6.07) is 5.27. The number of nitrogens with zero attached hydrogens (tertiary/aromatic N) is 1. The number of anilines is 1. The van der Waals surface area contributed by atoms with Gasteiger partial charge in [0.25, 0.3) is 5.91 Å². The van der Waals surface area contributed by atoms with Crippen LogP contribution in [-0.4, -0.2) is 23.5 Å². The molecule has 1 N–H and O–H groups in total. The lowest BCUT2D eigenvalue weighted by Gasteiger charge is -2.08. The van der Waals surface area contributed by atoms with Gasteiger partial charge in [-0.3, -0.25) is 4.79 Å². The van der Waals surface area contributed by atoms with Gasteiger partial charge in [-0.25, -0.2) is 9.78 Å². The number of pyridine rings is 1. The highest BCUT2D eigenvalue weighted by molar-refractivity contribution is 7.15. The highest BCUT2D eigenvalue weighted by atomic mass is 32.1. The number of nitrogens with one attached hydrogen (secondary N) is 1. The van der Waals surface area contributed by atoms with Gasteiger partial charge in [0.2, 0.25) is 0 Å². The van der Waals surface area contributed by atoms with Crippen molar-refractivity contribution in [3.63, 3.8) is 0 Å². The highest BCUT2D eigenvalue weighted by Crippen LogP contribution is 2.46. The minimum absolute atomic E-state index is 0.311. The standard InChI is InChI=1S/C17H18N2O3S/c1-3-22-17(21)14-12(11-7-8-11)9-23-16(14)19-15(20)13-6-4-5-10(2)18-13/h4-6,9,11H,3,7-8H2,1-2H3,(H,19,20). The lowest BCUT2D eigenvalue weighted by Crippen LogP contribution is -2.16. The Morgan fingerprint density at radius 3 is 2.83 bits per heavy atom. The molecule has 1 fully saturated rings. The van der Waals surface area contributed by atoms with Crippen LogP contribution in [0, 0.1) is 6.92 Å². The molecule has 2 heterocycles. The van der Waals surface area contributed by atoms with E-state index in [0.29, 0.717) is 28.8 Å². The molecule has 1 aliphatic rings. The number of carbonyl (C=O) groups is 2. The van der Waals surface area contributed by atoms with E-state index in [1.165, 1.54) is 11.3 Å². The number of aromatic nitrogens is 1. The van der Waals surface area contributed by atoms with E-state index in [2.05, 4.69) is 10.3 Å². The summed E-state index contributed by atoms with van der Waals surface area (Å²) in [5, 5.41) is 5.30. The van der Waals surface area contributed by atoms with E-state index < -0.39 is 0 Å². The molecule has 0 saturated heterocycles. The number of hydrogen-bond donors (Lipinski definition) is 1. The molecule has 0 unspecified atom stereocenters. The van der Waals surface area contributed by atoms with Crippen molar-refractivity contribution < 1.29 is 14.3 Å². The fourth-order valence-corrected chi connectivity index (χ4v) is 3.43. The van der Waals surface area contributed by atoms with Crippen LogP contribution in [0.1, 0.15) is 57.8 Å². The van der Waals surface area contributed by atoms with Gasteiger partial charge in [0.1, 0.15) is 10.7 Å². The number of aryl methyl sites for hydroxylation is 1. The van der Waals surface area contributed by atoms with Gasteiger partial charge in [-0.2, -0.15) is 0 Å². The average Bonchev–Trinajstić information content (AvgIpc) is 3.28. The SMILES string of the molecule is CCOC(=O)c1c(C2CC2)csc1NC(=O)c1cccc(C)n1. The predicted molar refractivity (Wildman–Crippen MR) is 89.2 cm³/mol. The molecule has 1 saturated carbocycles. The first kappa shape index (κ1) is 15.7. The molecule has 5 nitrogen and oxygen atoms in total. The minimum atomic E-state index is -0.372. The van der Waals surface area contributed by atoms with E-state index in [9.17, 15) is 9.59 Å². The molecular weight excluding hydrogens is 312 g/mol. The highest BCUT2D eigenvalue weighted by Gasteiger charge is 2.32. The fraction of sp³-hybridized carbons (Fsp3) is 0.353. The first-order valence-corrected chi connectivity index (χ1v) is 8.51. The Bertz CT molecular complexity index is 750. The van der Waals surface area contributed by atoms with E-state index in [-0.39, 0.29) is 11.9 Å². The normalized spacial score (nSPS) is 13.7. The van der Waals surface area contributed by atoms with Crippen LogP contribution < -0.4 is 5.32 Å². The van der Waals surface area contributed by atoms with Gasteiger partial charge >= 0.3 is 5.97 Å².